The number of halogens is 3. The molecule has 1 aliphatic rings. The summed E-state index contributed by atoms with van der Waals surface area (Å²) in [5.74, 6) is 0.0933. The van der Waals surface area contributed by atoms with Gasteiger partial charge in [-0.2, -0.15) is 0 Å². The monoisotopic (exact) mass is 390 g/mol. The van der Waals surface area contributed by atoms with E-state index in [2.05, 4.69) is 9.88 Å². The minimum atomic E-state index is -0.337. The zero-order valence-electron chi connectivity index (χ0n) is 12.9. The lowest BCUT2D eigenvalue weighted by Gasteiger charge is -2.35. The third-order valence-corrected chi connectivity index (χ3v) is 4.39. The lowest BCUT2D eigenvalue weighted by atomic mass is 10.2. The number of carbonyl (C=O) groups excluding carboxylic acids is 1. The second kappa shape index (κ2) is 11.4. The number of aryl methyl sites for hydroxylation is 1. The van der Waals surface area contributed by atoms with Crippen LogP contribution < -0.4 is 5.73 Å². The van der Waals surface area contributed by atoms with E-state index in [0.717, 1.165) is 37.7 Å². The van der Waals surface area contributed by atoms with Gasteiger partial charge in [0.1, 0.15) is 0 Å². The minimum Gasteiger partial charge on any atom is -0.339 e. The second-order valence-electron chi connectivity index (χ2n) is 4.96. The molecule has 1 aliphatic heterocycles. The number of rotatable bonds is 4. The van der Waals surface area contributed by atoms with E-state index in [0.29, 0.717) is 6.42 Å². The van der Waals surface area contributed by atoms with Gasteiger partial charge >= 0.3 is 0 Å². The van der Waals surface area contributed by atoms with Gasteiger partial charge in [-0.15, -0.1) is 48.6 Å². The van der Waals surface area contributed by atoms with Gasteiger partial charge in [-0.25, -0.2) is 4.98 Å². The van der Waals surface area contributed by atoms with Crippen LogP contribution in [0, 0.1) is 6.92 Å². The Bertz CT molecular complexity index is 439. The molecule has 1 atom stereocenters. The van der Waals surface area contributed by atoms with Crippen molar-refractivity contribution in [1.82, 2.24) is 14.8 Å². The van der Waals surface area contributed by atoms with Crippen molar-refractivity contribution in [1.29, 1.82) is 0 Å². The van der Waals surface area contributed by atoms with Crippen molar-refractivity contribution in [2.24, 2.45) is 5.73 Å². The Kier molecular flexibility index (Phi) is 12.5. The molecule has 0 spiro atoms. The van der Waals surface area contributed by atoms with Crippen LogP contribution >= 0.6 is 48.6 Å². The van der Waals surface area contributed by atoms with Crippen LogP contribution in [-0.2, 0) is 11.3 Å². The highest BCUT2D eigenvalue weighted by Crippen LogP contribution is 2.15. The summed E-state index contributed by atoms with van der Waals surface area (Å²) in [4.78, 5) is 21.8. The molecule has 2 N–H and O–H groups in total. The van der Waals surface area contributed by atoms with Crippen molar-refractivity contribution in [3.8, 4) is 0 Å². The van der Waals surface area contributed by atoms with Crippen molar-refractivity contribution in [2.75, 3.05) is 26.2 Å². The molecule has 130 valence electrons. The summed E-state index contributed by atoms with van der Waals surface area (Å²) >= 11 is 1.74. The van der Waals surface area contributed by atoms with Gasteiger partial charge in [0.25, 0.3) is 0 Å². The Hall–Kier alpha value is -0.110. The SMILES string of the molecule is CC[C@H](N)C(=O)N1CCN(Cc2cnc(C)s2)CC1.Cl.Cl.Cl. The number of amides is 1. The molecule has 1 aromatic heterocycles. The average Bonchev–Trinajstić information content (AvgIpc) is 2.83. The summed E-state index contributed by atoms with van der Waals surface area (Å²) in [7, 11) is 0. The van der Waals surface area contributed by atoms with E-state index < -0.39 is 0 Å². The van der Waals surface area contributed by atoms with E-state index in [1.54, 1.807) is 11.3 Å². The molecule has 1 amide bonds. The highest BCUT2D eigenvalue weighted by Gasteiger charge is 2.24. The second-order valence-corrected chi connectivity index (χ2v) is 6.28. The summed E-state index contributed by atoms with van der Waals surface area (Å²) in [6.07, 6.45) is 2.66. The summed E-state index contributed by atoms with van der Waals surface area (Å²) in [5, 5.41) is 1.11. The summed E-state index contributed by atoms with van der Waals surface area (Å²) in [6, 6.07) is -0.337. The molecule has 22 heavy (non-hydrogen) atoms. The number of carbonyl (C=O) groups is 1. The maximum Gasteiger partial charge on any atom is 0.239 e. The standard InChI is InChI=1S/C13H22N4OS.3ClH/c1-3-12(14)13(18)17-6-4-16(5-7-17)9-11-8-15-10(2)19-11;;;/h8,12H,3-7,9,14H2,1-2H3;3*1H/t12-;;;/m0.../s1. The zero-order chi connectivity index (χ0) is 13.8. The highest BCUT2D eigenvalue weighted by atomic mass is 35.5. The molecule has 0 bridgehead atoms. The van der Waals surface area contributed by atoms with Gasteiger partial charge in [0.05, 0.1) is 11.0 Å². The van der Waals surface area contributed by atoms with Crippen LogP contribution in [-0.4, -0.2) is 52.9 Å². The van der Waals surface area contributed by atoms with Crippen LogP contribution in [0.15, 0.2) is 6.20 Å². The fourth-order valence-corrected chi connectivity index (χ4v) is 3.07. The molecule has 1 aromatic rings. The van der Waals surface area contributed by atoms with Crippen molar-refractivity contribution in [3.05, 3.63) is 16.1 Å². The third-order valence-electron chi connectivity index (χ3n) is 3.49. The van der Waals surface area contributed by atoms with Gasteiger partial charge in [-0.3, -0.25) is 9.69 Å². The molecule has 0 saturated carbocycles. The molecule has 0 unspecified atom stereocenters. The topological polar surface area (TPSA) is 62.5 Å². The molecule has 0 aromatic carbocycles. The van der Waals surface area contributed by atoms with Crippen LogP contribution in [0.4, 0.5) is 0 Å². The largest absolute Gasteiger partial charge is 0.339 e. The minimum absolute atomic E-state index is 0. The van der Waals surface area contributed by atoms with E-state index in [1.165, 1.54) is 4.88 Å². The van der Waals surface area contributed by atoms with Crippen molar-refractivity contribution < 1.29 is 4.79 Å². The number of thiazole rings is 1. The maximum atomic E-state index is 12.0. The summed E-state index contributed by atoms with van der Waals surface area (Å²) in [6.45, 7) is 8.31. The number of nitrogens with two attached hydrogens (primary N) is 1. The molecule has 0 radical (unpaired) electrons. The van der Waals surface area contributed by atoms with E-state index in [4.69, 9.17) is 5.73 Å². The number of nitrogens with zero attached hydrogens (tertiary/aromatic N) is 3. The van der Waals surface area contributed by atoms with Gasteiger partial charge in [-0.05, 0) is 13.3 Å². The Balaban J connectivity index is 0. The molecule has 2 rings (SSSR count). The first kappa shape index (κ1) is 24.1. The van der Waals surface area contributed by atoms with Gasteiger partial charge in [0.15, 0.2) is 0 Å². The first-order chi connectivity index (χ1) is 9.10. The predicted octanol–water partition coefficient (Wildman–Crippen LogP) is 2.10. The quantitative estimate of drug-likeness (QED) is 0.853. The third kappa shape index (κ3) is 6.56. The molecule has 1 saturated heterocycles. The van der Waals surface area contributed by atoms with Gasteiger partial charge in [-0.1, -0.05) is 6.92 Å². The molecule has 5 nitrogen and oxygen atoms in total. The van der Waals surface area contributed by atoms with Crippen molar-refractivity contribution in [2.45, 2.75) is 32.9 Å². The van der Waals surface area contributed by atoms with Crippen LogP contribution in [0.25, 0.3) is 0 Å². The van der Waals surface area contributed by atoms with Crippen LogP contribution in [0.5, 0.6) is 0 Å². The molecular weight excluding hydrogens is 367 g/mol. The first-order valence-corrected chi connectivity index (χ1v) is 7.60. The number of aromatic nitrogens is 1. The predicted molar refractivity (Wildman–Crippen MR) is 98.7 cm³/mol. The average molecular weight is 392 g/mol. The number of piperazine rings is 1. The van der Waals surface area contributed by atoms with Gasteiger partial charge in [0.2, 0.25) is 5.91 Å². The molecule has 9 heteroatoms. The van der Waals surface area contributed by atoms with E-state index in [1.807, 2.05) is 24.9 Å². The van der Waals surface area contributed by atoms with Crippen LogP contribution in [0.1, 0.15) is 23.2 Å². The summed E-state index contributed by atoms with van der Waals surface area (Å²) < 4.78 is 0. The normalized spacial score (nSPS) is 16.0. The lowest BCUT2D eigenvalue weighted by molar-refractivity contribution is -0.134. The Morgan fingerprint density at radius 2 is 1.91 bits per heavy atom. The first-order valence-electron chi connectivity index (χ1n) is 6.78. The summed E-state index contributed by atoms with van der Waals surface area (Å²) in [5.41, 5.74) is 5.80. The zero-order valence-corrected chi connectivity index (χ0v) is 16.1. The molecule has 2 heterocycles. The van der Waals surface area contributed by atoms with E-state index in [-0.39, 0.29) is 49.2 Å². The smallest absolute Gasteiger partial charge is 0.239 e. The molecule has 0 aliphatic carbocycles. The Labute approximate surface area is 154 Å². The lowest BCUT2D eigenvalue weighted by Crippen LogP contribution is -2.52. The van der Waals surface area contributed by atoms with E-state index >= 15 is 0 Å². The fourth-order valence-electron chi connectivity index (χ4n) is 2.23. The van der Waals surface area contributed by atoms with Crippen molar-refractivity contribution >= 4 is 54.5 Å². The van der Waals surface area contributed by atoms with Crippen LogP contribution in [0.3, 0.4) is 0 Å². The molecule has 1 fully saturated rings. The Morgan fingerprint density at radius 3 is 2.36 bits per heavy atom. The number of hydrogen-bond acceptors (Lipinski definition) is 5. The highest BCUT2D eigenvalue weighted by molar-refractivity contribution is 7.11. The van der Waals surface area contributed by atoms with Gasteiger partial charge in [0, 0.05) is 43.8 Å². The number of hydrogen-bond donors (Lipinski definition) is 1. The fraction of sp³-hybridized carbons (Fsp3) is 0.692. The van der Waals surface area contributed by atoms with Gasteiger partial charge < -0.3 is 10.6 Å². The molecular formula is C13H25Cl3N4OS. The Morgan fingerprint density at radius 1 is 1.32 bits per heavy atom. The van der Waals surface area contributed by atoms with E-state index in [9.17, 15) is 4.79 Å². The maximum absolute atomic E-state index is 12.0. The van der Waals surface area contributed by atoms with Crippen molar-refractivity contribution in [3.63, 3.8) is 0 Å². The van der Waals surface area contributed by atoms with Crippen LogP contribution in [0.2, 0.25) is 0 Å².